The van der Waals surface area contributed by atoms with Crippen LogP contribution in [0.1, 0.15) is 93.8 Å². The average molecular weight is 625 g/mol. The average Bonchev–Trinajstić information content (AvgIpc) is 2.96. The van der Waals surface area contributed by atoms with E-state index in [-0.39, 0.29) is 46.3 Å². The molecule has 1 aromatic heterocycles. The van der Waals surface area contributed by atoms with Crippen molar-refractivity contribution < 1.29 is 28.0 Å². The fourth-order valence-corrected chi connectivity index (χ4v) is 4.97. The van der Waals surface area contributed by atoms with E-state index in [0.717, 1.165) is 0 Å². The number of fused-ring (bicyclic) bond motifs is 1. The minimum absolute atomic E-state index is 0.0192. The molecule has 3 aromatic rings. The number of esters is 1. The maximum absolute atomic E-state index is 14.2. The standard InChI is InChI=1S/C31H37BrClN3O3/c1-20-28(24-18-22(32)13-14-26(24)35-29(20)36-16-8-5-9-17-36)30(38)34-19-21(23-10-6-7-11-25(23)33)12-15-27(37)39-31(2,3)4/h6-7,10-11,13-14,18,21H,5,8-9,12,15-17,19H2,1-4H3,(H,34,38)/i5D2,8D2,9D2,16D2,17D2. The van der Waals surface area contributed by atoms with Gasteiger partial charge >= 0.3 is 5.97 Å². The smallest absolute Gasteiger partial charge is 0.306 e. The molecule has 6 nitrogen and oxygen atoms in total. The molecule has 208 valence electrons. The second kappa shape index (κ2) is 12.7. The second-order valence-corrected chi connectivity index (χ2v) is 11.4. The Morgan fingerprint density at radius 1 is 1.18 bits per heavy atom. The normalized spacial score (nSPS) is 25.0. The van der Waals surface area contributed by atoms with Gasteiger partial charge in [0.25, 0.3) is 5.91 Å². The molecule has 0 radical (unpaired) electrons. The maximum Gasteiger partial charge on any atom is 0.306 e. The maximum atomic E-state index is 14.2. The third kappa shape index (κ3) is 7.52. The van der Waals surface area contributed by atoms with Gasteiger partial charge in [-0.1, -0.05) is 45.7 Å². The molecule has 0 bridgehead atoms. The Morgan fingerprint density at radius 2 is 1.90 bits per heavy atom. The van der Waals surface area contributed by atoms with Gasteiger partial charge in [-0.3, -0.25) is 9.59 Å². The highest BCUT2D eigenvalue weighted by Gasteiger charge is 2.25. The van der Waals surface area contributed by atoms with Gasteiger partial charge in [0.2, 0.25) is 0 Å². The molecule has 0 aliphatic carbocycles. The SMILES string of the molecule is [2H]C1([2H])N(c2nc3ccc(Br)cc3c(C(=O)NCC(CCC(=O)OC(C)(C)C)c3ccccc3Cl)c2C)C([2H])([2H])C([2H])([2H])C([2H])([2H])C1([2H])[2H]. The van der Waals surface area contributed by atoms with Crippen LogP contribution in [0.3, 0.4) is 0 Å². The number of anilines is 1. The van der Waals surface area contributed by atoms with Gasteiger partial charge in [-0.05, 0) is 83.1 Å². The number of ether oxygens (including phenoxy) is 1. The summed E-state index contributed by atoms with van der Waals surface area (Å²) in [7, 11) is 0. The Kier molecular flexibility index (Phi) is 6.07. The number of piperidine rings is 1. The summed E-state index contributed by atoms with van der Waals surface area (Å²) in [5.74, 6) is -2.17. The first-order valence-corrected chi connectivity index (χ1v) is 13.6. The van der Waals surface area contributed by atoms with Crippen molar-refractivity contribution in [1.29, 1.82) is 0 Å². The van der Waals surface area contributed by atoms with Crippen LogP contribution in [0.25, 0.3) is 10.9 Å². The monoisotopic (exact) mass is 623 g/mol. The lowest BCUT2D eigenvalue weighted by Crippen LogP contribution is -2.33. The zero-order chi connectivity index (χ0) is 37.1. The highest BCUT2D eigenvalue weighted by molar-refractivity contribution is 9.10. The van der Waals surface area contributed by atoms with E-state index in [1.54, 1.807) is 57.2 Å². The first-order valence-electron chi connectivity index (χ1n) is 17.4. The van der Waals surface area contributed by atoms with Crippen LogP contribution in [0.15, 0.2) is 46.9 Å². The molecule has 2 aromatic carbocycles. The number of nitrogens with zero attached hydrogens (tertiary/aromatic N) is 2. The molecule has 1 N–H and O–H groups in total. The molecule has 1 atom stereocenters. The minimum Gasteiger partial charge on any atom is -0.460 e. The van der Waals surface area contributed by atoms with Crippen LogP contribution in [0, 0.1) is 6.92 Å². The molecule has 1 unspecified atom stereocenters. The van der Waals surface area contributed by atoms with E-state index in [2.05, 4.69) is 26.2 Å². The number of carbonyl (C=O) groups is 2. The largest absolute Gasteiger partial charge is 0.460 e. The summed E-state index contributed by atoms with van der Waals surface area (Å²) in [6.07, 6.45) is -10.5. The van der Waals surface area contributed by atoms with Crippen LogP contribution in [0.5, 0.6) is 0 Å². The van der Waals surface area contributed by atoms with Crippen molar-refractivity contribution in [3.05, 3.63) is 68.7 Å². The lowest BCUT2D eigenvalue weighted by Gasteiger charge is -2.30. The highest BCUT2D eigenvalue weighted by Crippen LogP contribution is 2.33. The van der Waals surface area contributed by atoms with Crippen molar-refractivity contribution in [3.8, 4) is 0 Å². The minimum atomic E-state index is -3.62. The summed E-state index contributed by atoms with van der Waals surface area (Å²) < 4.78 is 90.7. The van der Waals surface area contributed by atoms with E-state index in [4.69, 9.17) is 30.0 Å². The molecular formula is C31H37BrClN3O3. The Balaban J connectivity index is 1.82. The molecule has 8 heteroatoms. The number of hydrogen-bond acceptors (Lipinski definition) is 5. The Hall–Kier alpha value is -2.64. The van der Waals surface area contributed by atoms with Crippen molar-refractivity contribution in [2.75, 3.05) is 24.4 Å². The third-order valence-electron chi connectivity index (χ3n) is 6.03. The predicted octanol–water partition coefficient (Wildman–Crippen LogP) is 7.58. The van der Waals surface area contributed by atoms with Crippen LogP contribution in [-0.2, 0) is 9.53 Å². The van der Waals surface area contributed by atoms with Crippen molar-refractivity contribution >= 4 is 56.1 Å². The van der Waals surface area contributed by atoms with E-state index < -0.39 is 61.3 Å². The number of amides is 1. The summed E-state index contributed by atoms with van der Waals surface area (Å²) in [5, 5.41) is 3.55. The van der Waals surface area contributed by atoms with Gasteiger partial charge in [-0.15, -0.1) is 0 Å². The Bertz CT molecular complexity index is 1760. The van der Waals surface area contributed by atoms with Crippen LogP contribution in [0.2, 0.25) is 5.02 Å². The molecule has 0 saturated carbocycles. The van der Waals surface area contributed by atoms with E-state index in [1.807, 2.05) is 0 Å². The van der Waals surface area contributed by atoms with E-state index in [1.165, 1.54) is 13.0 Å². The van der Waals surface area contributed by atoms with E-state index in [9.17, 15) is 9.59 Å². The quantitative estimate of drug-likeness (QED) is 0.262. The molecular weight excluding hydrogens is 578 g/mol. The van der Waals surface area contributed by atoms with Crippen LogP contribution in [-0.4, -0.2) is 42.0 Å². The molecule has 1 amide bonds. The molecule has 4 rings (SSSR count). The van der Waals surface area contributed by atoms with Gasteiger partial charge in [0, 0.05) is 66.0 Å². The lowest BCUT2D eigenvalue weighted by molar-refractivity contribution is -0.155. The van der Waals surface area contributed by atoms with Crippen LogP contribution < -0.4 is 10.2 Å². The predicted molar refractivity (Wildman–Crippen MR) is 162 cm³/mol. The molecule has 1 saturated heterocycles. The van der Waals surface area contributed by atoms with E-state index >= 15 is 0 Å². The summed E-state index contributed by atoms with van der Waals surface area (Å²) in [6.45, 7) is -0.383. The zero-order valence-corrected chi connectivity index (χ0v) is 24.5. The Labute approximate surface area is 258 Å². The van der Waals surface area contributed by atoms with Gasteiger partial charge in [0.05, 0.1) is 11.1 Å². The number of hydrogen-bond donors (Lipinski definition) is 1. The third-order valence-corrected chi connectivity index (χ3v) is 6.87. The molecule has 1 aliphatic heterocycles. The highest BCUT2D eigenvalue weighted by atomic mass is 79.9. The van der Waals surface area contributed by atoms with Crippen molar-refractivity contribution in [1.82, 2.24) is 10.3 Å². The van der Waals surface area contributed by atoms with Gasteiger partial charge in [0.1, 0.15) is 11.4 Å². The summed E-state index contributed by atoms with van der Waals surface area (Å²) in [6, 6.07) is 11.6. The number of rotatable bonds is 8. The zero-order valence-electron chi connectivity index (χ0n) is 32.1. The van der Waals surface area contributed by atoms with Crippen molar-refractivity contribution in [3.63, 3.8) is 0 Å². The van der Waals surface area contributed by atoms with Crippen LogP contribution in [0.4, 0.5) is 5.82 Å². The van der Waals surface area contributed by atoms with Crippen molar-refractivity contribution in [2.45, 2.75) is 71.2 Å². The summed E-state index contributed by atoms with van der Waals surface area (Å²) in [5.41, 5.74) is -0.122. The number of halogens is 2. The number of nitrogens with one attached hydrogen (secondary N) is 1. The van der Waals surface area contributed by atoms with Gasteiger partial charge < -0.3 is 15.0 Å². The van der Waals surface area contributed by atoms with E-state index in [0.29, 0.717) is 15.1 Å². The first kappa shape index (κ1) is 18.7. The molecule has 1 aliphatic rings. The van der Waals surface area contributed by atoms with Crippen molar-refractivity contribution in [2.24, 2.45) is 0 Å². The fourth-order valence-electron chi connectivity index (χ4n) is 4.32. The first-order chi connectivity index (χ1) is 22.3. The molecule has 39 heavy (non-hydrogen) atoms. The second-order valence-electron chi connectivity index (χ2n) is 10.1. The molecule has 0 spiro atoms. The number of aromatic nitrogens is 1. The number of carbonyl (C=O) groups excluding carboxylic acids is 2. The van der Waals surface area contributed by atoms with Gasteiger partial charge in [0.15, 0.2) is 0 Å². The fraction of sp³-hybridized carbons (Fsp3) is 0.452. The number of pyridine rings is 1. The molecule has 1 fully saturated rings. The van der Waals surface area contributed by atoms with Crippen LogP contribution >= 0.6 is 27.5 Å². The van der Waals surface area contributed by atoms with Gasteiger partial charge in [-0.25, -0.2) is 4.98 Å². The topological polar surface area (TPSA) is 71.5 Å². The molecule has 2 heterocycles. The summed E-state index contributed by atoms with van der Waals surface area (Å²) >= 11 is 9.89. The lowest BCUT2D eigenvalue weighted by atomic mass is 9.93. The Morgan fingerprint density at radius 3 is 2.59 bits per heavy atom. The van der Waals surface area contributed by atoms with Gasteiger partial charge in [-0.2, -0.15) is 0 Å². The number of benzene rings is 2. The summed E-state index contributed by atoms with van der Waals surface area (Å²) in [4.78, 5) is 31.3.